The quantitative estimate of drug-likeness (QED) is 0.270. The summed E-state index contributed by atoms with van der Waals surface area (Å²) in [7, 11) is 0. The van der Waals surface area contributed by atoms with Gasteiger partial charge >= 0.3 is 0 Å². The predicted octanol–water partition coefficient (Wildman–Crippen LogP) is 6.70. The number of H-pyrrole nitrogens is 1. The zero-order chi connectivity index (χ0) is 24.3. The third kappa shape index (κ3) is 4.64. The van der Waals surface area contributed by atoms with Crippen LogP contribution in [0.3, 0.4) is 0 Å². The fraction of sp³-hybridized carbons (Fsp3) is 0.286. The van der Waals surface area contributed by atoms with Crippen LogP contribution >= 0.6 is 11.6 Å². The smallest absolute Gasteiger partial charge is 0.204 e. The molecule has 182 valence electrons. The number of hydrogen-bond acceptors (Lipinski definition) is 5. The number of nitrogens with zero attached hydrogens (tertiary/aromatic N) is 5. The van der Waals surface area contributed by atoms with Crippen LogP contribution in [0.2, 0.25) is 5.02 Å². The summed E-state index contributed by atoms with van der Waals surface area (Å²) in [5.41, 5.74) is 5.09. The second-order valence-electron chi connectivity index (χ2n) is 9.35. The molecule has 1 atom stereocenters. The monoisotopic (exact) mass is 498 g/mol. The van der Waals surface area contributed by atoms with Crippen LogP contribution in [0.25, 0.3) is 28.0 Å². The van der Waals surface area contributed by atoms with Gasteiger partial charge in [0.2, 0.25) is 5.82 Å². The van der Waals surface area contributed by atoms with Crippen molar-refractivity contribution in [1.29, 1.82) is 0 Å². The molecule has 0 radical (unpaired) electrons. The zero-order valence-corrected chi connectivity index (χ0v) is 20.6. The van der Waals surface area contributed by atoms with E-state index < -0.39 is 0 Å². The lowest BCUT2D eigenvalue weighted by atomic mass is 9.83. The van der Waals surface area contributed by atoms with Crippen LogP contribution in [0.15, 0.2) is 72.8 Å². The molecule has 1 aliphatic rings. The Morgan fingerprint density at radius 1 is 0.944 bits per heavy atom. The highest BCUT2D eigenvalue weighted by atomic mass is 35.5. The first-order valence-electron chi connectivity index (χ1n) is 12.4. The minimum Gasteiger partial charge on any atom is -0.367 e. The third-order valence-electron chi connectivity index (χ3n) is 7.02. The predicted molar refractivity (Wildman–Crippen MR) is 140 cm³/mol. The Morgan fingerprint density at radius 2 is 1.72 bits per heavy atom. The van der Waals surface area contributed by atoms with Crippen molar-refractivity contribution in [2.75, 3.05) is 0 Å². The Hall–Kier alpha value is -3.55. The first-order valence-corrected chi connectivity index (χ1v) is 12.8. The summed E-state index contributed by atoms with van der Waals surface area (Å²) in [5, 5.41) is 21.1. The Morgan fingerprint density at radius 3 is 2.47 bits per heavy atom. The van der Waals surface area contributed by atoms with Gasteiger partial charge in [-0.3, -0.25) is 0 Å². The van der Waals surface area contributed by atoms with Crippen molar-refractivity contribution in [2.45, 2.75) is 44.8 Å². The molecular formula is C28H27ClN6O. The molecule has 2 aromatic heterocycles. The molecule has 0 bridgehead atoms. The van der Waals surface area contributed by atoms with Crippen molar-refractivity contribution in [3.63, 3.8) is 0 Å². The molecule has 8 heteroatoms. The molecule has 3 aromatic carbocycles. The van der Waals surface area contributed by atoms with Gasteiger partial charge in [-0.2, -0.15) is 10.3 Å². The standard InChI is InChI=1S/C28H27ClN6O/c29-22-14-16-23(17-15-22)35-26(24-8-4-5-9-25(24)32-35)27(20-6-2-1-3-7-20)36-18-19-10-12-21(13-11-19)28-30-33-34-31-28/h4-5,8-17,20,27H,1-3,6-7,18H2,(H,30,31,33,34). The molecule has 1 N–H and O–H groups in total. The number of rotatable bonds is 7. The van der Waals surface area contributed by atoms with E-state index in [1.54, 1.807) is 0 Å². The van der Waals surface area contributed by atoms with Gasteiger partial charge in [0.25, 0.3) is 0 Å². The maximum atomic E-state index is 6.80. The molecule has 1 unspecified atom stereocenters. The normalized spacial score (nSPS) is 15.4. The van der Waals surface area contributed by atoms with E-state index in [2.05, 4.69) is 55.6 Å². The maximum absolute atomic E-state index is 6.80. The first kappa shape index (κ1) is 22.9. The summed E-state index contributed by atoms with van der Waals surface area (Å²) < 4.78 is 8.86. The third-order valence-corrected chi connectivity index (χ3v) is 7.27. The van der Waals surface area contributed by atoms with Crippen LogP contribution in [0.4, 0.5) is 0 Å². The molecule has 0 saturated heterocycles. The fourth-order valence-corrected chi connectivity index (χ4v) is 5.33. The van der Waals surface area contributed by atoms with Crippen LogP contribution in [0, 0.1) is 5.92 Å². The second-order valence-corrected chi connectivity index (χ2v) is 9.79. The number of fused-ring (bicyclic) bond motifs is 1. The summed E-state index contributed by atoms with van der Waals surface area (Å²) >= 11 is 6.20. The lowest BCUT2D eigenvalue weighted by Gasteiger charge is -2.31. The molecule has 1 aliphatic carbocycles. The van der Waals surface area contributed by atoms with Gasteiger partial charge in [-0.05, 0) is 59.9 Å². The highest BCUT2D eigenvalue weighted by molar-refractivity contribution is 6.30. The van der Waals surface area contributed by atoms with Gasteiger partial charge in [0.1, 0.15) is 6.10 Å². The number of halogens is 1. The van der Waals surface area contributed by atoms with E-state index in [4.69, 9.17) is 21.4 Å². The van der Waals surface area contributed by atoms with Crippen molar-refractivity contribution < 1.29 is 4.74 Å². The average molecular weight is 499 g/mol. The highest BCUT2D eigenvalue weighted by Crippen LogP contribution is 2.41. The van der Waals surface area contributed by atoms with E-state index in [0.29, 0.717) is 23.4 Å². The first-order chi connectivity index (χ1) is 17.8. The van der Waals surface area contributed by atoms with Crippen molar-refractivity contribution in [3.8, 4) is 17.1 Å². The van der Waals surface area contributed by atoms with Gasteiger partial charge in [0, 0.05) is 16.0 Å². The van der Waals surface area contributed by atoms with Gasteiger partial charge in [-0.1, -0.05) is 73.3 Å². The minimum absolute atomic E-state index is 0.0785. The van der Waals surface area contributed by atoms with E-state index in [1.165, 1.54) is 19.3 Å². The number of hydrogen-bond donors (Lipinski definition) is 1. The van der Waals surface area contributed by atoms with Crippen molar-refractivity contribution in [2.24, 2.45) is 5.92 Å². The highest BCUT2D eigenvalue weighted by Gasteiger charge is 2.31. The Balaban J connectivity index is 1.36. The average Bonchev–Trinajstić information content (AvgIpc) is 3.60. The van der Waals surface area contributed by atoms with Crippen molar-refractivity contribution in [1.82, 2.24) is 30.4 Å². The Bertz CT molecular complexity index is 1420. The summed E-state index contributed by atoms with van der Waals surface area (Å²) in [6.07, 6.45) is 5.99. The summed E-state index contributed by atoms with van der Waals surface area (Å²) in [6.45, 7) is 0.508. The lowest BCUT2D eigenvalue weighted by Crippen LogP contribution is -2.22. The number of benzene rings is 3. The number of nitrogens with one attached hydrogen (secondary N) is 1. The van der Waals surface area contributed by atoms with Gasteiger partial charge in [-0.15, -0.1) is 10.2 Å². The largest absolute Gasteiger partial charge is 0.367 e. The second kappa shape index (κ2) is 10.2. The Kier molecular flexibility index (Phi) is 6.49. The molecular weight excluding hydrogens is 472 g/mol. The van der Waals surface area contributed by atoms with E-state index in [0.717, 1.165) is 46.3 Å². The van der Waals surface area contributed by atoms with Crippen molar-refractivity contribution >= 4 is 22.5 Å². The summed E-state index contributed by atoms with van der Waals surface area (Å²) in [5.74, 6) is 1.02. The molecule has 0 amide bonds. The van der Waals surface area contributed by atoms with Gasteiger partial charge in [0.05, 0.1) is 23.5 Å². The van der Waals surface area contributed by atoms with E-state index in [-0.39, 0.29) is 6.10 Å². The molecule has 36 heavy (non-hydrogen) atoms. The molecule has 7 nitrogen and oxygen atoms in total. The SMILES string of the molecule is Clc1ccc(-n2nc3ccccc3c2C(OCc2ccc(-c3nn[nH]n3)cc2)C2CCCCC2)cc1. The van der Waals surface area contributed by atoms with Gasteiger partial charge in [-0.25, -0.2) is 4.68 Å². The van der Waals surface area contributed by atoms with Crippen LogP contribution in [-0.2, 0) is 11.3 Å². The van der Waals surface area contributed by atoms with Crippen molar-refractivity contribution in [3.05, 3.63) is 89.1 Å². The van der Waals surface area contributed by atoms with Gasteiger partial charge in [0.15, 0.2) is 0 Å². The number of tetrazole rings is 1. The minimum atomic E-state index is -0.0785. The fourth-order valence-electron chi connectivity index (χ4n) is 5.20. The topological polar surface area (TPSA) is 81.5 Å². The van der Waals surface area contributed by atoms with Crippen LogP contribution in [-0.4, -0.2) is 30.4 Å². The van der Waals surface area contributed by atoms with Crippen LogP contribution in [0.5, 0.6) is 0 Å². The zero-order valence-electron chi connectivity index (χ0n) is 19.8. The molecule has 6 rings (SSSR count). The number of aromatic nitrogens is 6. The number of ether oxygens (including phenoxy) is 1. The summed E-state index contributed by atoms with van der Waals surface area (Å²) in [6, 6.07) is 24.3. The number of aromatic amines is 1. The molecule has 5 aromatic rings. The van der Waals surface area contributed by atoms with Crippen LogP contribution < -0.4 is 0 Å². The molecule has 0 spiro atoms. The summed E-state index contributed by atoms with van der Waals surface area (Å²) in [4.78, 5) is 0. The Labute approximate surface area is 214 Å². The maximum Gasteiger partial charge on any atom is 0.204 e. The molecule has 0 aliphatic heterocycles. The molecule has 2 heterocycles. The lowest BCUT2D eigenvalue weighted by molar-refractivity contribution is -0.0155. The van der Waals surface area contributed by atoms with E-state index in [1.807, 2.05) is 42.5 Å². The molecule has 1 saturated carbocycles. The van der Waals surface area contributed by atoms with Crippen LogP contribution in [0.1, 0.15) is 49.5 Å². The van der Waals surface area contributed by atoms with Gasteiger partial charge < -0.3 is 4.74 Å². The molecule has 1 fully saturated rings. The van der Waals surface area contributed by atoms with E-state index in [9.17, 15) is 0 Å². The van der Waals surface area contributed by atoms with E-state index >= 15 is 0 Å².